The molecule has 136 valence electrons. The number of hydrogen-bond acceptors (Lipinski definition) is 3. The van der Waals surface area contributed by atoms with E-state index in [1.807, 2.05) is 55.5 Å². The minimum atomic E-state index is -0.0634. The summed E-state index contributed by atoms with van der Waals surface area (Å²) in [5, 5.41) is 2.99. The molecule has 0 saturated carbocycles. The number of rotatable bonds is 7. The van der Waals surface area contributed by atoms with Gasteiger partial charge in [-0.2, -0.15) is 0 Å². The highest BCUT2D eigenvalue weighted by molar-refractivity contribution is 5.98. The maximum Gasteiger partial charge on any atom is 0.251 e. The fourth-order valence-electron chi connectivity index (χ4n) is 3.22. The first kappa shape index (κ1) is 18.3. The Morgan fingerprint density at radius 2 is 1.77 bits per heavy atom. The molecular formula is C22H25NO3. The van der Waals surface area contributed by atoms with Gasteiger partial charge in [-0.1, -0.05) is 37.3 Å². The molecule has 0 aromatic heterocycles. The molecule has 2 aromatic carbocycles. The second kappa shape index (κ2) is 8.77. The Balaban J connectivity index is 1.67. The van der Waals surface area contributed by atoms with Crippen LogP contribution in [0.15, 0.2) is 48.5 Å². The number of Topliss-reactive ketones (excluding diaryl/α,β-unsaturated/α-hetero) is 1. The number of ketones is 1. The van der Waals surface area contributed by atoms with Crippen LogP contribution >= 0.6 is 0 Å². The second-order valence-corrected chi connectivity index (χ2v) is 6.71. The van der Waals surface area contributed by atoms with Crippen molar-refractivity contribution in [2.45, 2.75) is 26.2 Å². The van der Waals surface area contributed by atoms with Crippen LogP contribution in [0, 0.1) is 5.92 Å². The molecule has 1 aliphatic rings. The SMILES string of the molecule is CCC(=O)c1cccc(-c2cccc(C(=O)NCCC3CCOC3)c2)c1. The molecule has 1 amide bonds. The van der Waals surface area contributed by atoms with E-state index in [0.29, 0.717) is 30.0 Å². The first-order valence-corrected chi connectivity index (χ1v) is 9.27. The van der Waals surface area contributed by atoms with Gasteiger partial charge in [-0.3, -0.25) is 9.59 Å². The lowest BCUT2D eigenvalue weighted by Crippen LogP contribution is -2.26. The van der Waals surface area contributed by atoms with Crippen molar-refractivity contribution in [1.29, 1.82) is 0 Å². The van der Waals surface area contributed by atoms with E-state index in [1.165, 1.54) is 0 Å². The van der Waals surface area contributed by atoms with Gasteiger partial charge < -0.3 is 10.1 Å². The van der Waals surface area contributed by atoms with Gasteiger partial charge >= 0.3 is 0 Å². The fourth-order valence-corrected chi connectivity index (χ4v) is 3.22. The van der Waals surface area contributed by atoms with Crippen LogP contribution in [0.2, 0.25) is 0 Å². The smallest absolute Gasteiger partial charge is 0.251 e. The molecule has 4 nitrogen and oxygen atoms in total. The Labute approximate surface area is 154 Å². The molecule has 26 heavy (non-hydrogen) atoms. The average molecular weight is 351 g/mol. The van der Waals surface area contributed by atoms with Crippen LogP contribution in [0.1, 0.15) is 46.9 Å². The molecule has 1 saturated heterocycles. The number of carbonyl (C=O) groups excluding carboxylic acids is 2. The molecule has 1 aliphatic heterocycles. The summed E-state index contributed by atoms with van der Waals surface area (Å²) in [6.07, 6.45) is 2.52. The van der Waals surface area contributed by atoms with Gasteiger partial charge in [0.1, 0.15) is 0 Å². The average Bonchev–Trinajstić information content (AvgIpc) is 3.21. The van der Waals surface area contributed by atoms with Crippen molar-refractivity contribution in [3.8, 4) is 11.1 Å². The van der Waals surface area contributed by atoms with Crippen LogP contribution in [0.5, 0.6) is 0 Å². The molecular weight excluding hydrogens is 326 g/mol. The van der Waals surface area contributed by atoms with Crippen LogP contribution in [0.3, 0.4) is 0 Å². The van der Waals surface area contributed by atoms with Crippen molar-refractivity contribution >= 4 is 11.7 Å². The van der Waals surface area contributed by atoms with E-state index in [-0.39, 0.29) is 11.7 Å². The second-order valence-electron chi connectivity index (χ2n) is 6.71. The maximum atomic E-state index is 12.4. The molecule has 1 heterocycles. The fraction of sp³-hybridized carbons (Fsp3) is 0.364. The number of carbonyl (C=O) groups is 2. The maximum absolute atomic E-state index is 12.4. The van der Waals surface area contributed by atoms with Crippen LogP contribution in [0.25, 0.3) is 11.1 Å². The van der Waals surface area contributed by atoms with Crippen LogP contribution < -0.4 is 5.32 Å². The molecule has 0 spiro atoms. The predicted molar refractivity (Wildman–Crippen MR) is 102 cm³/mol. The summed E-state index contributed by atoms with van der Waals surface area (Å²) in [5.74, 6) is 0.615. The zero-order chi connectivity index (χ0) is 18.4. The van der Waals surface area contributed by atoms with Crippen LogP contribution in [0.4, 0.5) is 0 Å². The standard InChI is InChI=1S/C22H25NO3/c1-2-21(24)19-7-3-5-17(13-19)18-6-4-8-20(14-18)22(25)23-11-9-16-10-12-26-15-16/h3-8,13-14,16H,2,9-12,15H2,1H3,(H,23,25). The summed E-state index contributed by atoms with van der Waals surface area (Å²) >= 11 is 0. The molecule has 0 radical (unpaired) electrons. The topological polar surface area (TPSA) is 55.4 Å². The van der Waals surface area contributed by atoms with Gasteiger partial charge in [0.15, 0.2) is 5.78 Å². The van der Waals surface area contributed by atoms with Gasteiger partial charge in [-0.05, 0) is 48.1 Å². The molecule has 1 atom stereocenters. The normalized spacial score (nSPS) is 16.4. The van der Waals surface area contributed by atoms with Crippen LogP contribution in [-0.4, -0.2) is 31.4 Å². The minimum absolute atomic E-state index is 0.0634. The van der Waals surface area contributed by atoms with Gasteiger partial charge in [0.05, 0.1) is 0 Å². The van der Waals surface area contributed by atoms with Gasteiger partial charge in [0, 0.05) is 37.3 Å². The molecule has 0 bridgehead atoms. The summed E-state index contributed by atoms with van der Waals surface area (Å²) in [5.41, 5.74) is 3.23. The molecule has 1 fully saturated rings. The molecule has 0 aliphatic carbocycles. The van der Waals surface area contributed by atoms with Crippen molar-refractivity contribution < 1.29 is 14.3 Å². The number of nitrogens with one attached hydrogen (secondary N) is 1. The summed E-state index contributed by atoms with van der Waals surface area (Å²) in [7, 11) is 0. The van der Waals surface area contributed by atoms with Crippen molar-refractivity contribution in [1.82, 2.24) is 5.32 Å². The predicted octanol–water partition coefficient (Wildman–Crippen LogP) is 4.10. The van der Waals surface area contributed by atoms with E-state index in [2.05, 4.69) is 5.32 Å². The highest BCUT2D eigenvalue weighted by Crippen LogP contribution is 2.22. The van der Waals surface area contributed by atoms with E-state index in [1.54, 1.807) is 0 Å². The number of hydrogen-bond donors (Lipinski definition) is 1. The van der Waals surface area contributed by atoms with E-state index in [0.717, 1.165) is 37.2 Å². The Kier molecular flexibility index (Phi) is 6.18. The largest absolute Gasteiger partial charge is 0.381 e. The van der Waals surface area contributed by atoms with E-state index < -0.39 is 0 Å². The molecule has 3 rings (SSSR count). The highest BCUT2D eigenvalue weighted by atomic mass is 16.5. The van der Waals surface area contributed by atoms with Gasteiger partial charge in [-0.15, -0.1) is 0 Å². The lowest BCUT2D eigenvalue weighted by molar-refractivity contribution is 0.0949. The minimum Gasteiger partial charge on any atom is -0.381 e. The molecule has 4 heteroatoms. The third kappa shape index (κ3) is 4.58. The van der Waals surface area contributed by atoms with E-state index in [4.69, 9.17) is 4.74 Å². The lowest BCUT2D eigenvalue weighted by atomic mass is 9.99. The monoisotopic (exact) mass is 351 g/mol. The molecule has 1 N–H and O–H groups in total. The van der Waals surface area contributed by atoms with Crippen LogP contribution in [-0.2, 0) is 4.74 Å². The van der Waals surface area contributed by atoms with Crippen molar-refractivity contribution in [3.63, 3.8) is 0 Å². The van der Waals surface area contributed by atoms with Gasteiger partial charge in [0.25, 0.3) is 5.91 Å². The Morgan fingerprint density at radius 1 is 1.08 bits per heavy atom. The Bertz CT molecular complexity index is 778. The molecule has 1 unspecified atom stereocenters. The summed E-state index contributed by atoms with van der Waals surface area (Å²) in [4.78, 5) is 24.4. The first-order chi connectivity index (χ1) is 12.7. The van der Waals surface area contributed by atoms with Gasteiger partial charge in [-0.25, -0.2) is 0 Å². The molecule has 2 aromatic rings. The summed E-state index contributed by atoms with van der Waals surface area (Å²) in [6.45, 7) is 4.16. The quantitative estimate of drug-likeness (QED) is 0.764. The van der Waals surface area contributed by atoms with Crippen molar-refractivity contribution in [2.24, 2.45) is 5.92 Å². The zero-order valence-electron chi connectivity index (χ0n) is 15.2. The Hall–Kier alpha value is -2.46. The third-order valence-electron chi connectivity index (χ3n) is 4.83. The van der Waals surface area contributed by atoms with Crippen molar-refractivity contribution in [2.75, 3.05) is 19.8 Å². The number of amides is 1. The van der Waals surface area contributed by atoms with E-state index in [9.17, 15) is 9.59 Å². The van der Waals surface area contributed by atoms with Gasteiger partial charge in [0.2, 0.25) is 0 Å². The first-order valence-electron chi connectivity index (χ1n) is 9.27. The van der Waals surface area contributed by atoms with E-state index >= 15 is 0 Å². The van der Waals surface area contributed by atoms with Crippen molar-refractivity contribution in [3.05, 3.63) is 59.7 Å². The zero-order valence-corrected chi connectivity index (χ0v) is 15.2. The highest BCUT2D eigenvalue weighted by Gasteiger charge is 2.15. The Morgan fingerprint density at radius 3 is 2.42 bits per heavy atom. The lowest BCUT2D eigenvalue weighted by Gasteiger charge is -2.10. The number of benzene rings is 2. The number of ether oxygens (including phenoxy) is 1. The summed E-state index contributed by atoms with van der Waals surface area (Å²) in [6, 6.07) is 15.1. The summed E-state index contributed by atoms with van der Waals surface area (Å²) < 4.78 is 5.36. The third-order valence-corrected chi connectivity index (χ3v) is 4.83.